The lowest BCUT2D eigenvalue weighted by Gasteiger charge is -2.47. The van der Waals surface area contributed by atoms with E-state index in [0.717, 1.165) is 25.3 Å². The molecule has 1 saturated heterocycles. The van der Waals surface area contributed by atoms with Crippen LogP contribution in [0.25, 0.3) is 0 Å². The Hall–Kier alpha value is -0.980. The summed E-state index contributed by atoms with van der Waals surface area (Å²) < 4.78 is 7.87. The molecule has 19 heavy (non-hydrogen) atoms. The second-order valence-corrected chi connectivity index (χ2v) is 6.53. The Bertz CT molecular complexity index is 410. The van der Waals surface area contributed by atoms with Crippen LogP contribution in [0.1, 0.15) is 33.4 Å². The highest BCUT2D eigenvalue weighted by molar-refractivity contribution is 4.96. The molecule has 1 aromatic heterocycles. The first-order chi connectivity index (χ1) is 8.80. The van der Waals surface area contributed by atoms with Gasteiger partial charge in [-0.1, -0.05) is 5.21 Å². The molecular weight excluding hydrogens is 242 g/mol. The van der Waals surface area contributed by atoms with Gasteiger partial charge in [0.1, 0.15) is 0 Å². The highest BCUT2D eigenvalue weighted by Crippen LogP contribution is 2.28. The summed E-state index contributed by atoms with van der Waals surface area (Å²) in [5.41, 5.74) is 6.24. The van der Waals surface area contributed by atoms with Crippen LogP contribution in [0.2, 0.25) is 0 Å². The van der Waals surface area contributed by atoms with E-state index in [2.05, 4.69) is 42.9 Å². The van der Waals surface area contributed by atoms with E-state index in [1.165, 1.54) is 0 Å². The molecule has 0 radical (unpaired) electrons. The maximum absolute atomic E-state index is 6.07. The van der Waals surface area contributed by atoms with Crippen molar-refractivity contribution in [3.63, 3.8) is 0 Å². The average molecular weight is 267 g/mol. The van der Waals surface area contributed by atoms with Crippen molar-refractivity contribution >= 4 is 0 Å². The van der Waals surface area contributed by atoms with E-state index in [4.69, 9.17) is 10.5 Å². The topological polar surface area (TPSA) is 69.2 Å². The van der Waals surface area contributed by atoms with Gasteiger partial charge in [-0.25, -0.2) is 0 Å². The summed E-state index contributed by atoms with van der Waals surface area (Å²) >= 11 is 0. The van der Waals surface area contributed by atoms with Gasteiger partial charge in [0.25, 0.3) is 0 Å². The van der Waals surface area contributed by atoms with Crippen LogP contribution in [0.5, 0.6) is 0 Å². The molecule has 0 atom stereocenters. The molecule has 2 rings (SSSR count). The molecule has 2 heterocycles. The molecule has 108 valence electrons. The summed E-state index contributed by atoms with van der Waals surface area (Å²) in [7, 11) is 0. The predicted molar refractivity (Wildman–Crippen MR) is 73.6 cm³/mol. The molecule has 2 N–H and O–H groups in total. The van der Waals surface area contributed by atoms with Crippen molar-refractivity contribution in [1.82, 2.24) is 19.9 Å². The Kier molecular flexibility index (Phi) is 3.94. The van der Waals surface area contributed by atoms with Gasteiger partial charge in [0.05, 0.1) is 23.4 Å². The number of hydrogen-bond donors (Lipinski definition) is 1. The summed E-state index contributed by atoms with van der Waals surface area (Å²) in [6, 6.07) is 0. The van der Waals surface area contributed by atoms with E-state index < -0.39 is 0 Å². The molecule has 1 aliphatic heterocycles. The van der Waals surface area contributed by atoms with Crippen LogP contribution in [0, 0.1) is 0 Å². The maximum atomic E-state index is 6.07. The first kappa shape index (κ1) is 14.4. The number of hydrogen-bond acceptors (Lipinski definition) is 5. The third kappa shape index (κ3) is 3.99. The molecule has 0 saturated carbocycles. The van der Waals surface area contributed by atoms with E-state index in [9.17, 15) is 0 Å². The number of ether oxygens (including phenoxy) is 1. The van der Waals surface area contributed by atoms with Crippen molar-refractivity contribution in [3.05, 3.63) is 11.9 Å². The summed E-state index contributed by atoms with van der Waals surface area (Å²) in [4.78, 5) is 2.38. The van der Waals surface area contributed by atoms with Crippen LogP contribution in [-0.4, -0.2) is 50.7 Å². The highest BCUT2D eigenvalue weighted by atomic mass is 16.5. The third-order valence-corrected chi connectivity index (χ3v) is 3.09. The highest BCUT2D eigenvalue weighted by Gasteiger charge is 2.38. The predicted octanol–water partition coefficient (Wildman–Crippen LogP) is 0.626. The minimum atomic E-state index is -0.130. The van der Waals surface area contributed by atoms with Crippen LogP contribution in [-0.2, 0) is 17.8 Å². The lowest BCUT2D eigenvalue weighted by molar-refractivity contribution is -0.182. The van der Waals surface area contributed by atoms with Crippen molar-refractivity contribution in [3.8, 4) is 0 Å². The van der Waals surface area contributed by atoms with Gasteiger partial charge >= 0.3 is 0 Å². The fourth-order valence-electron chi connectivity index (χ4n) is 2.94. The van der Waals surface area contributed by atoms with Gasteiger partial charge in [0.15, 0.2) is 0 Å². The Labute approximate surface area is 114 Å². The summed E-state index contributed by atoms with van der Waals surface area (Å²) in [6.07, 6.45) is 1.97. The maximum Gasteiger partial charge on any atom is 0.0967 e. The van der Waals surface area contributed by atoms with Gasteiger partial charge in [-0.2, -0.15) is 0 Å². The van der Waals surface area contributed by atoms with Gasteiger partial charge < -0.3 is 10.5 Å². The molecule has 0 unspecified atom stereocenters. The molecule has 6 heteroatoms. The number of morpholine rings is 1. The standard InChI is InChI=1S/C13H25N5O/c1-12(2)9-17(10-13(3,4)19-12)7-11-8-18(6-5-14)16-15-11/h8H,5-7,9-10,14H2,1-4H3. The first-order valence-electron chi connectivity index (χ1n) is 6.81. The SMILES string of the molecule is CC1(C)CN(Cc2cn(CCN)nn2)CC(C)(C)O1. The summed E-state index contributed by atoms with van der Waals surface area (Å²) in [5.74, 6) is 0. The van der Waals surface area contributed by atoms with Gasteiger partial charge in [0.2, 0.25) is 0 Å². The Balaban J connectivity index is 2.01. The molecular formula is C13H25N5O. The Morgan fingerprint density at radius 1 is 1.26 bits per heavy atom. The van der Waals surface area contributed by atoms with Gasteiger partial charge in [-0.05, 0) is 27.7 Å². The smallest absolute Gasteiger partial charge is 0.0967 e. The van der Waals surface area contributed by atoms with Crippen molar-refractivity contribution < 1.29 is 4.74 Å². The zero-order valence-electron chi connectivity index (χ0n) is 12.4. The monoisotopic (exact) mass is 267 g/mol. The molecule has 0 bridgehead atoms. The molecule has 1 fully saturated rings. The van der Waals surface area contributed by atoms with Crippen LogP contribution < -0.4 is 5.73 Å². The molecule has 0 amide bonds. The molecule has 1 aliphatic rings. The molecule has 0 spiro atoms. The van der Waals surface area contributed by atoms with E-state index >= 15 is 0 Å². The first-order valence-corrected chi connectivity index (χ1v) is 6.81. The van der Waals surface area contributed by atoms with Crippen LogP contribution in [0.4, 0.5) is 0 Å². The summed E-state index contributed by atoms with van der Waals surface area (Å²) in [5, 5.41) is 8.27. The van der Waals surface area contributed by atoms with Crippen molar-refractivity contribution in [2.45, 2.75) is 52.0 Å². The third-order valence-electron chi connectivity index (χ3n) is 3.09. The molecule has 1 aromatic rings. The fourth-order valence-corrected chi connectivity index (χ4v) is 2.94. The summed E-state index contributed by atoms with van der Waals surface area (Å²) in [6.45, 7) is 12.4. The average Bonchev–Trinajstić information content (AvgIpc) is 2.60. The van der Waals surface area contributed by atoms with Gasteiger partial charge in [-0.15, -0.1) is 5.10 Å². The largest absolute Gasteiger partial charge is 0.367 e. The van der Waals surface area contributed by atoms with Crippen molar-refractivity contribution in [1.29, 1.82) is 0 Å². The van der Waals surface area contributed by atoms with Crippen LogP contribution >= 0.6 is 0 Å². The van der Waals surface area contributed by atoms with Crippen molar-refractivity contribution in [2.75, 3.05) is 19.6 Å². The second-order valence-electron chi connectivity index (χ2n) is 6.53. The lowest BCUT2D eigenvalue weighted by atomic mass is 9.99. The van der Waals surface area contributed by atoms with Crippen LogP contribution in [0.15, 0.2) is 6.20 Å². The van der Waals surface area contributed by atoms with E-state index in [0.29, 0.717) is 13.1 Å². The van der Waals surface area contributed by atoms with Gasteiger partial charge in [-0.3, -0.25) is 9.58 Å². The zero-order chi connectivity index (χ0) is 14.1. The van der Waals surface area contributed by atoms with Crippen molar-refractivity contribution in [2.24, 2.45) is 5.73 Å². The quantitative estimate of drug-likeness (QED) is 0.866. The fraction of sp³-hybridized carbons (Fsp3) is 0.846. The number of nitrogens with two attached hydrogens (primary N) is 1. The van der Waals surface area contributed by atoms with E-state index in [1.54, 1.807) is 4.68 Å². The van der Waals surface area contributed by atoms with Crippen LogP contribution in [0.3, 0.4) is 0 Å². The lowest BCUT2D eigenvalue weighted by Crippen LogP contribution is -2.56. The Morgan fingerprint density at radius 2 is 1.89 bits per heavy atom. The number of rotatable bonds is 4. The normalized spacial score (nSPS) is 22.6. The minimum Gasteiger partial charge on any atom is -0.367 e. The Morgan fingerprint density at radius 3 is 2.47 bits per heavy atom. The number of aromatic nitrogens is 3. The molecule has 0 aromatic carbocycles. The molecule has 0 aliphatic carbocycles. The van der Waals surface area contributed by atoms with Gasteiger partial charge in [0, 0.05) is 32.4 Å². The second kappa shape index (κ2) is 5.19. The minimum absolute atomic E-state index is 0.130. The molecule has 6 nitrogen and oxygen atoms in total. The number of nitrogens with zero attached hydrogens (tertiary/aromatic N) is 4. The zero-order valence-corrected chi connectivity index (χ0v) is 12.4. The van der Waals surface area contributed by atoms with E-state index in [-0.39, 0.29) is 11.2 Å². The van der Waals surface area contributed by atoms with E-state index in [1.807, 2.05) is 6.20 Å².